The molecule has 0 aliphatic carbocycles. The largest absolute Gasteiger partial charge is 0.452 e. The molecule has 27 heavy (non-hydrogen) atoms. The molecule has 0 saturated heterocycles. The van der Waals surface area contributed by atoms with Crippen LogP contribution in [0.2, 0.25) is 0 Å². The Balaban J connectivity index is 1.88. The summed E-state index contributed by atoms with van der Waals surface area (Å²) in [4.78, 5) is 33.9. The normalized spacial score (nSPS) is 10.6. The number of carbonyl (C=O) groups excluding carboxylic acids is 2. The minimum atomic E-state index is -0.677. The fraction of sp³-hybridized carbons (Fsp3) is 0.200. The number of nitrogens with one attached hydrogen (secondary N) is 1. The number of nitro groups is 1. The van der Waals surface area contributed by atoms with Gasteiger partial charge in [0, 0.05) is 23.9 Å². The lowest BCUT2D eigenvalue weighted by molar-refractivity contribution is -0.384. The number of benzene rings is 2. The molecule has 1 amide bonds. The molecule has 0 radical (unpaired) electrons. The number of amides is 1. The van der Waals surface area contributed by atoms with Gasteiger partial charge in [-0.05, 0) is 48.2 Å². The van der Waals surface area contributed by atoms with E-state index in [0.29, 0.717) is 5.56 Å². The highest BCUT2D eigenvalue weighted by atomic mass is 16.6. The second-order valence-corrected chi connectivity index (χ2v) is 5.80. The van der Waals surface area contributed by atoms with Gasteiger partial charge in [-0.3, -0.25) is 14.9 Å². The summed E-state index contributed by atoms with van der Waals surface area (Å²) in [5, 5.41) is 13.4. The third-order valence-corrected chi connectivity index (χ3v) is 3.87. The summed E-state index contributed by atoms with van der Waals surface area (Å²) < 4.78 is 4.93. The van der Waals surface area contributed by atoms with Crippen LogP contribution in [0.1, 0.15) is 23.6 Å². The topological polar surface area (TPSA) is 98.5 Å². The minimum absolute atomic E-state index is 0.0333. The number of ether oxygens (including phenoxy) is 1. The molecule has 1 N–H and O–H groups in total. The molecule has 0 saturated carbocycles. The van der Waals surface area contributed by atoms with E-state index in [0.717, 1.165) is 23.2 Å². The van der Waals surface area contributed by atoms with Crippen molar-refractivity contribution in [2.75, 3.05) is 11.9 Å². The Bertz CT molecular complexity index is 872. The van der Waals surface area contributed by atoms with Gasteiger partial charge in [-0.1, -0.05) is 25.1 Å². The van der Waals surface area contributed by atoms with Gasteiger partial charge in [0.1, 0.15) is 0 Å². The molecule has 0 unspecified atom stereocenters. The van der Waals surface area contributed by atoms with E-state index < -0.39 is 23.4 Å². The maximum Gasteiger partial charge on any atom is 0.331 e. The molecule has 0 fully saturated rings. The second-order valence-electron chi connectivity index (χ2n) is 5.80. The number of nitro benzene ring substituents is 1. The second kappa shape index (κ2) is 9.28. The van der Waals surface area contributed by atoms with Crippen LogP contribution in [-0.4, -0.2) is 23.4 Å². The SMILES string of the molecule is CCc1cccc(C)c1NC(=O)COC(=O)/C=C/c1ccc([N+](=O)[O-])cc1. The maximum atomic E-state index is 12.0. The number of hydrogen-bond donors (Lipinski definition) is 1. The molecule has 7 nitrogen and oxygen atoms in total. The summed E-state index contributed by atoms with van der Waals surface area (Å²) >= 11 is 0. The molecule has 0 aliphatic rings. The molecule has 7 heteroatoms. The predicted octanol–water partition coefficient (Wildman–Crippen LogP) is 3.66. The molecule has 0 aliphatic heterocycles. The first kappa shape index (κ1) is 19.8. The fourth-order valence-corrected chi connectivity index (χ4v) is 2.43. The van der Waals surface area contributed by atoms with Crippen LogP contribution in [-0.2, 0) is 20.7 Å². The van der Waals surface area contributed by atoms with E-state index in [1.54, 1.807) is 0 Å². The molecule has 2 aromatic rings. The number of aryl methyl sites for hydroxylation is 2. The number of esters is 1. The Morgan fingerprint density at radius 1 is 1.19 bits per heavy atom. The van der Waals surface area contributed by atoms with Crippen LogP contribution < -0.4 is 5.32 Å². The summed E-state index contributed by atoms with van der Waals surface area (Å²) in [6.07, 6.45) is 3.40. The molecule has 2 rings (SSSR count). The average molecular weight is 368 g/mol. The Labute approximate surface area is 156 Å². The number of nitrogens with zero attached hydrogens (tertiary/aromatic N) is 1. The number of rotatable bonds is 7. The van der Waals surface area contributed by atoms with Crippen molar-refractivity contribution in [2.24, 2.45) is 0 Å². The first-order valence-electron chi connectivity index (χ1n) is 8.38. The molecular formula is C20H20N2O5. The smallest absolute Gasteiger partial charge is 0.331 e. The first-order chi connectivity index (χ1) is 12.9. The number of hydrogen-bond acceptors (Lipinski definition) is 5. The van der Waals surface area contributed by atoms with Crippen molar-refractivity contribution in [1.29, 1.82) is 0 Å². The highest BCUT2D eigenvalue weighted by Gasteiger charge is 2.10. The van der Waals surface area contributed by atoms with Crippen LogP contribution in [0, 0.1) is 17.0 Å². The van der Waals surface area contributed by atoms with E-state index in [1.165, 1.54) is 36.4 Å². The summed E-state index contributed by atoms with van der Waals surface area (Å²) in [5.74, 6) is -1.10. The summed E-state index contributed by atoms with van der Waals surface area (Å²) in [6, 6.07) is 11.5. The lowest BCUT2D eigenvalue weighted by Crippen LogP contribution is -2.21. The highest BCUT2D eigenvalue weighted by Crippen LogP contribution is 2.20. The molecule has 0 atom stereocenters. The third kappa shape index (κ3) is 5.78. The monoisotopic (exact) mass is 368 g/mol. The van der Waals surface area contributed by atoms with Gasteiger partial charge in [0.15, 0.2) is 6.61 Å². The summed E-state index contributed by atoms with van der Waals surface area (Å²) in [5.41, 5.74) is 3.26. The quantitative estimate of drug-likeness (QED) is 0.348. The Morgan fingerprint density at radius 2 is 1.89 bits per heavy atom. The van der Waals surface area contributed by atoms with Crippen molar-refractivity contribution >= 4 is 29.3 Å². The zero-order chi connectivity index (χ0) is 19.8. The zero-order valence-electron chi connectivity index (χ0n) is 15.1. The Hall–Kier alpha value is -3.48. The maximum absolute atomic E-state index is 12.0. The summed E-state index contributed by atoms with van der Waals surface area (Å²) in [6.45, 7) is 3.49. The fourth-order valence-electron chi connectivity index (χ4n) is 2.43. The van der Waals surface area contributed by atoms with Crippen LogP contribution in [0.4, 0.5) is 11.4 Å². The molecule has 0 spiro atoms. The molecule has 0 aromatic heterocycles. The van der Waals surface area contributed by atoms with Gasteiger partial charge in [0.2, 0.25) is 0 Å². The van der Waals surface area contributed by atoms with Crippen LogP contribution >= 0.6 is 0 Å². The highest BCUT2D eigenvalue weighted by molar-refractivity contribution is 5.95. The van der Waals surface area contributed by atoms with E-state index in [9.17, 15) is 19.7 Å². The van der Waals surface area contributed by atoms with Crippen molar-refractivity contribution in [2.45, 2.75) is 20.3 Å². The van der Waals surface area contributed by atoms with Crippen LogP contribution in [0.15, 0.2) is 48.5 Å². The Kier molecular flexibility index (Phi) is 6.82. The van der Waals surface area contributed by atoms with Crippen LogP contribution in [0.25, 0.3) is 6.08 Å². The van der Waals surface area contributed by atoms with E-state index >= 15 is 0 Å². The van der Waals surface area contributed by atoms with Crippen molar-refractivity contribution in [3.8, 4) is 0 Å². The summed E-state index contributed by atoms with van der Waals surface area (Å²) in [7, 11) is 0. The molecule has 0 bridgehead atoms. The molecule has 140 valence electrons. The van der Waals surface area contributed by atoms with E-state index in [4.69, 9.17) is 4.74 Å². The predicted molar refractivity (Wildman–Crippen MR) is 102 cm³/mol. The van der Waals surface area contributed by atoms with Crippen LogP contribution in [0.3, 0.4) is 0 Å². The lowest BCUT2D eigenvalue weighted by atomic mass is 10.1. The van der Waals surface area contributed by atoms with Crippen molar-refractivity contribution in [3.63, 3.8) is 0 Å². The van der Waals surface area contributed by atoms with Gasteiger partial charge in [-0.15, -0.1) is 0 Å². The Morgan fingerprint density at radius 3 is 2.52 bits per heavy atom. The van der Waals surface area contributed by atoms with Crippen molar-refractivity contribution < 1.29 is 19.2 Å². The van der Waals surface area contributed by atoms with Gasteiger partial charge in [-0.25, -0.2) is 4.79 Å². The number of anilines is 1. The minimum Gasteiger partial charge on any atom is -0.452 e. The van der Waals surface area contributed by atoms with E-state index in [-0.39, 0.29) is 5.69 Å². The van der Waals surface area contributed by atoms with Gasteiger partial charge in [0.25, 0.3) is 11.6 Å². The molecule has 0 heterocycles. The molecule has 2 aromatic carbocycles. The average Bonchev–Trinajstić information content (AvgIpc) is 2.66. The molecular weight excluding hydrogens is 348 g/mol. The number of carbonyl (C=O) groups is 2. The van der Waals surface area contributed by atoms with Gasteiger partial charge < -0.3 is 10.1 Å². The van der Waals surface area contributed by atoms with E-state index in [1.807, 2.05) is 32.0 Å². The van der Waals surface area contributed by atoms with Gasteiger partial charge in [-0.2, -0.15) is 0 Å². The number of non-ortho nitro benzene ring substituents is 1. The zero-order valence-corrected chi connectivity index (χ0v) is 15.1. The third-order valence-electron chi connectivity index (χ3n) is 3.87. The van der Waals surface area contributed by atoms with E-state index in [2.05, 4.69) is 5.32 Å². The van der Waals surface area contributed by atoms with Gasteiger partial charge in [0.05, 0.1) is 4.92 Å². The standard InChI is InChI=1S/C20H20N2O5/c1-3-16-6-4-5-14(2)20(16)21-18(23)13-27-19(24)12-9-15-7-10-17(11-8-15)22(25)26/h4-12H,3,13H2,1-2H3,(H,21,23)/b12-9+. The van der Waals surface area contributed by atoms with Crippen molar-refractivity contribution in [1.82, 2.24) is 0 Å². The van der Waals surface area contributed by atoms with Gasteiger partial charge >= 0.3 is 5.97 Å². The number of para-hydroxylation sites is 1. The first-order valence-corrected chi connectivity index (χ1v) is 8.38. The lowest BCUT2D eigenvalue weighted by Gasteiger charge is -2.12. The van der Waals surface area contributed by atoms with Crippen molar-refractivity contribution in [3.05, 3.63) is 75.3 Å². The van der Waals surface area contributed by atoms with Crippen LogP contribution in [0.5, 0.6) is 0 Å².